The molecule has 1 fully saturated rings. The van der Waals surface area contributed by atoms with Crippen LogP contribution in [0.25, 0.3) is 10.4 Å². The number of benzene rings is 1. The Kier molecular flexibility index (Phi) is 4.48. The van der Waals surface area contributed by atoms with E-state index in [1.807, 2.05) is 30.3 Å². The molecule has 0 spiro atoms. The van der Waals surface area contributed by atoms with Gasteiger partial charge >= 0.3 is 118 Å². The van der Waals surface area contributed by atoms with Gasteiger partial charge in [0.25, 0.3) is 0 Å². The van der Waals surface area contributed by atoms with Gasteiger partial charge in [-0.3, -0.25) is 0 Å². The molecule has 0 unspecified atom stereocenters. The first kappa shape index (κ1) is 13.9. The quantitative estimate of drug-likeness (QED) is 0.280. The zero-order chi connectivity index (χ0) is 13.7. The molecule has 0 heterocycles. The Morgan fingerprint density at radius 3 is 2.89 bits per heavy atom. The zero-order valence-electron chi connectivity index (χ0n) is 10.7. The molecule has 2 atom stereocenters. The first-order chi connectivity index (χ1) is 9.23. The predicted molar refractivity (Wildman–Crippen MR) is 73.3 cm³/mol. The predicted octanol–water partition coefficient (Wildman–Crippen LogP) is 2.21. The zero-order valence-corrected chi connectivity index (χ0v) is 12.4. The Labute approximate surface area is 118 Å². The van der Waals surface area contributed by atoms with E-state index in [4.69, 9.17) is 10.3 Å². The van der Waals surface area contributed by atoms with Gasteiger partial charge in [-0.1, -0.05) is 0 Å². The van der Waals surface area contributed by atoms with Gasteiger partial charge in [-0.25, -0.2) is 0 Å². The number of esters is 1. The monoisotopic (exact) mass is 325 g/mol. The summed E-state index contributed by atoms with van der Waals surface area (Å²) in [6.07, 6.45) is 2.39. The fourth-order valence-electron chi connectivity index (χ4n) is 2.44. The second-order valence-corrected chi connectivity index (χ2v) is 7.35. The standard InChI is InChI=1S/C13H15N3O2Se/c1-18-12(17)13(9-5-8-11(13)15-16-14)19-10-6-3-2-4-7-10/h2-4,6-7,11H,5,8-9H2,1H3/t11-,13-/m1/s1. The molecule has 0 N–H and O–H groups in total. The average molecular weight is 324 g/mol. The van der Waals surface area contributed by atoms with Gasteiger partial charge in [0.1, 0.15) is 0 Å². The molecule has 5 nitrogen and oxygen atoms in total. The molecule has 0 saturated heterocycles. The second kappa shape index (κ2) is 6.11. The molecule has 1 aromatic rings. The maximum absolute atomic E-state index is 12.2. The Balaban J connectivity index is 2.35. The SMILES string of the molecule is COC(=O)[C@@]1([Se]c2ccccc2)CCC[C@H]1N=[N+]=[N-]. The van der Waals surface area contributed by atoms with E-state index < -0.39 is 4.31 Å². The van der Waals surface area contributed by atoms with Crippen LogP contribution in [0.3, 0.4) is 0 Å². The van der Waals surface area contributed by atoms with Gasteiger partial charge in [-0.05, 0) is 0 Å². The first-order valence-corrected chi connectivity index (χ1v) is 7.81. The number of methoxy groups -OCH3 is 1. The maximum atomic E-state index is 12.2. The van der Waals surface area contributed by atoms with E-state index in [9.17, 15) is 4.79 Å². The number of carbonyl (C=O) groups excluding carboxylic acids is 1. The van der Waals surface area contributed by atoms with Crippen molar-refractivity contribution in [2.75, 3.05) is 7.11 Å². The summed E-state index contributed by atoms with van der Waals surface area (Å²) in [5, 5.41) is 3.84. The van der Waals surface area contributed by atoms with E-state index in [2.05, 4.69) is 10.0 Å². The average Bonchev–Trinajstić information content (AvgIpc) is 2.83. The molecule has 0 aliphatic heterocycles. The van der Waals surface area contributed by atoms with Crippen LogP contribution in [0.15, 0.2) is 35.4 Å². The summed E-state index contributed by atoms with van der Waals surface area (Å²) in [6, 6.07) is 9.60. The van der Waals surface area contributed by atoms with Crippen LogP contribution in [0.4, 0.5) is 0 Å². The Bertz CT molecular complexity index is 502. The van der Waals surface area contributed by atoms with Crippen molar-refractivity contribution in [3.8, 4) is 0 Å². The summed E-state index contributed by atoms with van der Waals surface area (Å²) >= 11 is -0.100. The van der Waals surface area contributed by atoms with Gasteiger partial charge in [0, 0.05) is 0 Å². The molecule has 1 saturated carbocycles. The molecule has 2 rings (SSSR count). The molecule has 0 amide bonds. The van der Waals surface area contributed by atoms with Crippen molar-refractivity contribution >= 4 is 25.4 Å². The van der Waals surface area contributed by atoms with E-state index in [0.29, 0.717) is 0 Å². The van der Waals surface area contributed by atoms with Gasteiger partial charge < -0.3 is 0 Å². The molecule has 19 heavy (non-hydrogen) atoms. The van der Waals surface area contributed by atoms with E-state index in [1.54, 1.807) is 0 Å². The minimum absolute atomic E-state index is 0.100. The summed E-state index contributed by atoms with van der Waals surface area (Å²) in [4.78, 5) is 15.1. The van der Waals surface area contributed by atoms with E-state index in [-0.39, 0.29) is 27.0 Å². The molecule has 0 bridgehead atoms. The normalized spacial score (nSPS) is 25.6. The summed E-state index contributed by atoms with van der Waals surface area (Å²) in [7, 11) is 1.40. The van der Waals surface area contributed by atoms with Crippen LogP contribution in [0, 0.1) is 0 Å². The van der Waals surface area contributed by atoms with Gasteiger partial charge in [-0.15, -0.1) is 0 Å². The van der Waals surface area contributed by atoms with Crippen LogP contribution in [0.1, 0.15) is 19.3 Å². The number of azide groups is 1. The third-order valence-corrected chi connectivity index (χ3v) is 6.51. The minimum atomic E-state index is -0.644. The van der Waals surface area contributed by atoms with Gasteiger partial charge in [-0.2, -0.15) is 0 Å². The number of rotatable bonds is 4. The van der Waals surface area contributed by atoms with Gasteiger partial charge in [0.05, 0.1) is 0 Å². The van der Waals surface area contributed by atoms with Crippen molar-refractivity contribution in [3.63, 3.8) is 0 Å². The number of nitrogens with zero attached hydrogens (tertiary/aromatic N) is 3. The molecule has 6 heteroatoms. The second-order valence-electron chi connectivity index (χ2n) is 4.41. The van der Waals surface area contributed by atoms with Crippen molar-refractivity contribution in [2.45, 2.75) is 29.6 Å². The van der Waals surface area contributed by atoms with Crippen molar-refractivity contribution in [1.29, 1.82) is 0 Å². The van der Waals surface area contributed by atoms with E-state index in [0.717, 1.165) is 23.7 Å². The fraction of sp³-hybridized carbons (Fsp3) is 0.462. The number of hydrogen-bond acceptors (Lipinski definition) is 3. The topological polar surface area (TPSA) is 75.1 Å². The Hall–Kier alpha value is -1.48. The molecule has 0 aromatic heterocycles. The van der Waals surface area contributed by atoms with E-state index >= 15 is 0 Å². The van der Waals surface area contributed by atoms with Crippen LogP contribution in [0.2, 0.25) is 4.31 Å². The number of carbonyl (C=O) groups is 1. The van der Waals surface area contributed by atoms with Crippen molar-refractivity contribution in [1.82, 2.24) is 0 Å². The van der Waals surface area contributed by atoms with Crippen LogP contribution < -0.4 is 4.46 Å². The van der Waals surface area contributed by atoms with Gasteiger partial charge in [0.2, 0.25) is 0 Å². The van der Waals surface area contributed by atoms with Crippen LogP contribution in [-0.2, 0) is 9.53 Å². The molecule has 0 radical (unpaired) electrons. The summed E-state index contributed by atoms with van der Waals surface area (Å²) in [5.41, 5.74) is 8.69. The fourth-order valence-corrected chi connectivity index (χ4v) is 5.44. The molecule has 1 aliphatic carbocycles. The van der Waals surface area contributed by atoms with E-state index in [1.165, 1.54) is 7.11 Å². The van der Waals surface area contributed by atoms with Crippen molar-refractivity contribution in [2.24, 2.45) is 5.11 Å². The van der Waals surface area contributed by atoms with Crippen molar-refractivity contribution in [3.05, 3.63) is 40.8 Å². The molecular weight excluding hydrogens is 309 g/mol. The van der Waals surface area contributed by atoms with Crippen molar-refractivity contribution < 1.29 is 9.53 Å². The Morgan fingerprint density at radius 2 is 2.26 bits per heavy atom. The molecule has 100 valence electrons. The third kappa shape index (κ3) is 2.76. The van der Waals surface area contributed by atoms with Gasteiger partial charge in [0.15, 0.2) is 0 Å². The van der Waals surface area contributed by atoms with Crippen LogP contribution in [-0.4, -0.2) is 34.1 Å². The number of ether oxygens (including phenoxy) is 1. The molecular formula is C13H15N3O2Se. The summed E-state index contributed by atoms with van der Waals surface area (Å²) < 4.78 is 5.46. The summed E-state index contributed by atoms with van der Waals surface area (Å²) in [5.74, 6) is -0.244. The molecule has 1 aromatic carbocycles. The molecule has 1 aliphatic rings. The summed E-state index contributed by atoms with van der Waals surface area (Å²) in [6.45, 7) is 0. The Morgan fingerprint density at radius 1 is 1.53 bits per heavy atom. The number of hydrogen-bond donors (Lipinski definition) is 0. The third-order valence-electron chi connectivity index (χ3n) is 3.33. The van der Waals surface area contributed by atoms with Crippen LogP contribution in [0.5, 0.6) is 0 Å². The first-order valence-electron chi connectivity index (χ1n) is 6.09. The van der Waals surface area contributed by atoms with Crippen LogP contribution >= 0.6 is 0 Å².